The van der Waals surface area contributed by atoms with E-state index in [0.29, 0.717) is 0 Å². The molecule has 0 atom stereocenters. The van der Waals surface area contributed by atoms with Crippen LogP contribution in [0.15, 0.2) is 65.7 Å². The van der Waals surface area contributed by atoms with Crippen molar-refractivity contribution < 1.29 is 0 Å². The molecule has 0 bridgehead atoms. The van der Waals surface area contributed by atoms with Gasteiger partial charge in [-0.1, -0.05) is 48.5 Å². The van der Waals surface area contributed by atoms with Crippen molar-refractivity contribution in [3.8, 4) is 0 Å². The van der Waals surface area contributed by atoms with Crippen LogP contribution in [0.25, 0.3) is 0 Å². The zero-order valence-electron chi connectivity index (χ0n) is 9.84. The Morgan fingerprint density at radius 1 is 0.941 bits per heavy atom. The van der Waals surface area contributed by atoms with Gasteiger partial charge in [0.15, 0.2) is 0 Å². The van der Waals surface area contributed by atoms with Gasteiger partial charge in [0.2, 0.25) is 0 Å². The first kappa shape index (κ1) is 11.9. The maximum absolute atomic E-state index is 4.65. The highest BCUT2D eigenvalue weighted by atomic mass is 32.2. The molecule has 0 aliphatic rings. The minimum absolute atomic E-state index is 0.900. The summed E-state index contributed by atoms with van der Waals surface area (Å²) in [6, 6.07) is 20.5. The Kier molecular flexibility index (Phi) is 4.39. The van der Waals surface area contributed by atoms with Crippen LogP contribution in [-0.2, 0) is 6.42 Å². The number of rotatable bonds is 3. The normalized spacial score (nSPS) is 11.5. The molecule has 0 radical (unpaired) electrons. The van der Waals surface area contributed by atoms with Gasteiger partial charge in [-0.2, -0.15) is 0 Å². The molecule has 86 valence electrons. The number of hydrogen-bond acceptors (Lipinski definition) is 2. The van der Waals surface area contributed by atoms with Crippen molar-refractivity contribution in [2.24, 2.45) is 4.99 Å². The molecular formula is C15H15NS. The quantitative estimate of drug-likeness (QED) is 0.576. The van der Waals surface area contributed by atoms with Crippen molar-refractivity contribution in [3.05, 3.63) is 66.2 Å². The number of thioether (sulfide) groups is 1. The van der Waals surface area contributed by atoms with Crippen LogP contribution in [0, 0.1) is 0 Å². The monoisotopic (exact) mass is 241 g/mol. The van der Waals surface area contributed by atoms with Crippen LogP contribution < -0.4 is 0 Å². The number of benzene rings is 2. The average molecular weight is 241 g/mol. The summed E-state index contributed by atoms with van der Waals surface area (Å²) in [6.07, 6.45) is 2.97. The number of hydrogen-bond donors (Lipinski definition) is 0. The van der Waals surface area contributed by atoms with E-state index in [1.54, 1.807) is 11.8 Å². The van der Waals surface area contributed by atoms with Crippen LogP contribution in [0.3, 0.4) is 0 Å². The van der Waals surface area contributed by atoms with Gasteiger partial charge in [0.1, 0.15) is 0 Å². The highest BCUT2D eigenvalue weighted by molar-refractivity contribution is 8.13. The first-order valence-corrected chi connectivity index (χ1v) is 6.81. The van der Waals surface area contributed by atoms with Gasteiger partial charge >= 0.3 is 0 Å². The van der Waals surface area contributed by atoms with Gasteiger partial charge in [-0.05, 0) is 24.0 Å². The molecule has 0 aromatic heterocycles. The molecular weight excluding hydrogens is 226 g/mol. The van der Waals surface area contributed by atoms with Crippen LogP contribution >= 0.6 is 11.8 Å². The Morgan fingerprint density at radius 3 is 2.12 bits per heavy atom. The van der Waals surface area contributed by atoms with Crippen molar-refractivity contribution in [2.75, 3.05) is 6.26 Å². The van der Waals surface area contributed by atoms with Crippen LogP contribution in [0.1, 0.15) is 5.56 Å². The van der Waals surface area contributed by atoms with Crippen molar-refractivity contribution in [1.29, 1.82) is 0 Å². The van der Waals surface area contributed by atoms with Gasteiger partial charge in [-0.3, -0.25) is 0 Å². The van der Waals surface area contributed by atoms with Gasteiger partial charge in [-0.25, -0.2) is 4.99 Å². The largest absolute Gasteiger partial charge is 0.246 e. The lowest BCUT2D eigenvalue weighted by atomic mass is 10.2. The second kappa shape index (κ2) is 6.26. The lowest BCUT2D eigenvalue weighted by Crippen LogP contribution is -1.96. The van der Waals surface area contributed by atoms with Crippen LogP contribution in [0.5, 0.6) is 0 Å². The van der Waals surface area contributed by atoms with E-state index in [1.807, 2.05) is 36.4 Å². The summed E-state index contributed by atoms with van der Waals surface area (Å²) in [5.74, 6) is 0. The molecule has 17 heavy (non-hydrogen) atoms. The van der Waals surface area contributed by atoms with Crippen LogP contribution in [0.2, 0.25) is 0 Å². The smallest absolute Gasteiger partial charge is 0.0779 e. The molecule has 1 nitrogen and oxygen atoms in total. The molecule has 2 aromatic carbocycles. The third kappa shape index (κ3) is 3.75. The predicted molar refractivity (Wildman–Crippen MR) is 77.2 cm³/mol. The molecule has 0 amide bonds. The zero-order valence-corrected chi connectivity index (χ0v) is 10.7. The molecule has 0 saturated carbocycles. The molecule has 0 aliphatic carbocycles. The molecule has 0 aliphatic heterocycles. The van der Waals surface area contributed by atoms with Gasteiger partial charge < -0.3 is 0 Å². The summed E-state index contributed by atoms with van der Waals surface area (Å²) in [5, 5.41) is 1.14. The molecule has 0 fully saturated rings. The Bertz CT molecular complexity index is 477. The molecule has 0 spiro atoms. The van der Waals surface area contributed by atoms with Gasteiger partial charge in [0.25, 0.3) is 0 Å². The number of para-hydroxylation sites is 1. The maximum atomic E-state index is 4.65. The fourth-order valence-corrected chi connectivity index (χ4v) is 2.08. The third-order valence-corrected chi connectivity index (χ3v) is 3.15. The fourth-order valence-electron chi connectivity index (χ4n) is 1.57. The molecule has 2 heteroatoms. The Labute approximate surface area is 107 Å². The third-order valence-electron chi connectivity index (χ3n) is 2.44. The standard InChI is InChI=1S/C15H15NS/c1-17-15(12-13-8-4-2-5-9-13)16-14-10-6-3-7-11-14/h2-11H,12H2,1H3. The van der Waals surface area contributed by atoms with Crippen molar-refractivity contribution in [3.63, 3.8) is 0 Å². The first-order valence-electron chi connectivity index (χ1n) is 5.59. The SMILES string of the molecule is CSC(Cc1ccccc1)=Nc1ccccc1. The van der Waals surface area contributed by atoms with E-state index in [4.69, 9.17) is 0 Å². The summed E-state index contributed by atoms with van der Waals surface area (Å²) < 4.78 is 0. The summed E-state index contributed by atoms with van der Waals surface area (Å²) in [4.78, 5) is 4.65. The fraction of sp³-hybridized carbons (Fsp3) is 0.133. The predicted octanol–water partition coefficient (Wildman–Crippen LogP) is 4.32. The first-order chi connectivity index (χ1) is 8.38. The van der Waals surface area contributed by atoms with Crippen LogP contribution in [0.4, 0.5) is 5.69 Å². The molecule has 2 rings (SSSR count). The van der Waals surface area contributed by atoms with E-state index >= 15 is 0 Å². The minimum atomic E-state index is 0.900. The maximum Gasteiger partial charge on any atom is 0.0779 e. The lowest BCUT2D eigenvalue weighted by molar-refractivity contribution is 1.33. The Hall–Kier alpha value is -1.54. The van der Waals surface area contributed by atoms with Crippen molar-refractivity contribution in [1.82, 2.24) is 0 Å². The molecule has 0 heterocycles. The highest BCUT2D eigenvalue weighted by Gasteiger charge is 2.00. The van der Waals surface area contributed by atoms with E-state index < -0.39 is 0 Å². The number of nitrogens with zero attached hydrogens (tertiary/aromatic N) is 1. The average Bonchev–Trinajstić information content (AvgIpc) is 2.40. The summed E-state index contributed by atoms with van der Waals surface area (Å²) >= 11 is 1.71. The molecule has 2 aromatic rings. The highest BCUT2D eigenvalue weighted by Crippen LogP contribution is 2.16. The van der Waals surface area contributed by atoms with Gasteiger partial charge in [0, 0.05) is 6.42 Å². The van der Waals surface area contributed by atoms with E-state index in [9.17, 15) is 0 Å². The van der Waals surface area contributed by atoms with Crippen molar-refractivity contribution >= 4 is 22.5 Å². The second-order valence-electron chi connectivity index (χ2n) is 3.71. The Balaban J connectivity index is 2.15. The zero-order chi connectivity index (χ0) is 11.9. The van der Waals surface area contributed by atoms with Crippen LogP contribution in [-0.4, -0.2) is 11.3 Å². The van der Waals surface area contributed by atoms with Gasteiger partial charge in [0.05, 0.1) is 10.7 Å². The van der Waals surface area contributed by atoms with E-state index in [-0.39, 0.29) is 0 Å². The molecule has 0 unspecified atom stereocenters. The lowest BCUT2D eigenvalue weighted by Gasteiger charge is -2.03. The second-order valence-corrected chi connectivity index (χ2v) is 4.59. The summed E-state index contributed by atoms with van der Waals surface area (Å²) in [6.45, 7) is 0. The van der Waals surface area contributed by atoms with E-state index in [0.717, 1.165) is 17.2 Å². The minimum Gasteiger partial charge on any atom is -0.246 e. The van der Waals surface area contributed by atoms with E-state index in [1.165, 1.54) is 5.56 Å². The van der Waals surface area contributed by atoms with E-state index in [2.05, 4.69) is 35.5 Å². The topological polar surface area (TPSA) is 12.4 Å². The summed E-state index contributed by atoms with van der Waals surface area (Å²) in [7, 11) is 0. The number of aliphatic imine (C=N–C) groups is 1. The molecule has 0 saturated heterocycles. The molecule has 0 N–H and O–H groups in total. The summed E-state index contributed by atoms with van der Waals surface area (Å²) in [5.41, 5.74) is 2.32. The van der Waals surface area contributed by atoms with Crippen molar-refractivity contribution in [2.45, 2.75) is 6.42 Å². The Morgan fingerprint density at radius 2 is 1.53 bits per heavy atom. The van der Waals surface area contributed by atoms with Gasteiger partial charge in [-0.15, -0.1) is 11.8 Å².